The Hall–Kier alpha value is -1.31. The van der Waals surface area contributed by atoms with Gasteiger partial charge in [-0.3, -0.25) is 4.79 Å². The van der Waals surface area contributed by atoms with E-state index in [1.165, 1.54) is 0 Å². The van der Waals surface area contributed by atoms with Crippen LogP contribution in [0.25, 0.3) is 0 Å². The van der Waals surface area contributed by atoms with Gasteiger partial charge in [0.25, 0.3) is 0 Å². The van der Waals surface area contributed by atoms with Crippen LogP contribution in [-0.4, -0.2) is 51.3 Å². The highest BCUT2D eigenvalue weighted by Crippen LogP contribution is 2.33. The number of benzene rings is 1. The van der Waals surface area contributed by atoms with Gasteiger partial charge < -0.3 is 24.8 Å². The van der Waals surface area contributed by atoms with E-state index in [9.17, 15) is 4.79 Å². The Labute approximate surface area is 153 Å². The molecule has 1 aromatic carbocycles. The first-order valence-electron chi connectivity index (χ1n) is 7.54. The molecular formula is C16H25ClN2O4S. The lowest BCUT2D eigenvalue weighted by Crippen LogP contribution is -2.41. The molecule has 1 unspecified atom stereocenters. The van der Waals surface area contributed by atoms with Crippen molar-refractivity contribution in [2.75, 3.05) is 39.4 Å². The van der Waals surface area contributed by atoms with E-state index in [0.29, 0.717) is 30.2 Å². The highest BCUT2D eigenvalue weighted by Gasteiger charge is 2.18. The van der Waals surface area contributed by atoms with Crippen LogP contribution in [0.2, 0.25) is 0 Å². The number of carbonyl (C=O) groups is 1. The van der Waals surface area contributed by atoms with E-state index in [1.54, 1.807) is 33.5 Å². The van der Waals surface area contributed by atoms with Crippen LogP contribution < -0.4 is 24.8 Å². The van der Waals surface area contributed by atoms with Crippen molar-refractivity contribution in [1.29, 1.82) is 0 Å². The summed E-state index contributed by atoms with van der Waals surface area (Å²) in [5.41, 5.74) is 0.801. The predicted molar refractivity (Wildman–Crippen MR) is 98.9 cm³/mol. The van der Waals surface area contributed by atoms with E-state index >= 15 is 0 Å². The number of hydrogen-bond donors (Lipinski definition) is 2. The fourth-order valence-electron chi connectivity index (χ4n) is 2.49. The number of ether oxygens (including phenoxy) is 3. The number of rotatable bonds is 7. The normalized spacial score (nSPS) is 16.7. The minimum Gasteiger partial charge on any atom is -0.496 e. The molecule has 2 rings (SSSR count). The molecule has 0 spiro atoms. The van der Waals surface area contributed by atoms with E-state index < -0.39 is 0 Å². The van der Waals surface area contributed by atoms with Crippen molar-refractivity contribution in [3.05, 3.63) is 17.7 Å². The van der Waals surface area contributed by atoms with Crippen molar-refractivity contribution < 1.29 is 19.0 Å². The summed E-state index contributed by atoms with van der Waals surface area (Å²) < 4.78 is 16.0. The second kappa shape index (κ2) is 10.5. The second-order valence-electron chi connectivity index (χ2n) is 5.22. The fraction of sp³-hybridized carbons (Fsp3) is 0.562. The van der Waals surface area contributed by atoms with Gasteiger partial charge in [-0.15, -0.1) is 12.4 Å². The van der Waals surface area contributed by atoms with Crippen molar-refractivity contribution in [2.45, 2.75) is 19.0 Å². The SMILES string of the molecule is COc1cc(OC)c(CNC(=O)CC2CSCCN2)c(OC)c1.Cl. The van der Waals surface area contributed by atoms with E-state index in [2.05, 4.69) is 10.6 Å². The van der Waals surface area contributed by atoms with Crippen LogP contribution in [0.1, 0.15) is 12.0 Å². The zero-order valence-electron chi connectivity index (χ0n) is 14.2. The largest absolute Gasteiger partial charge is 0.496 e. The molecule has 0 aromatic heterocycles. The first-order chi connectivity index (χ1) is 11.2. The minimum absolute atomic E-state index is 0. The average Bonchev–Trinajstić information content (AvgIpc) is 2.59. The monoisotopic (exact) mass is 376 g/mol. The van der Waals surface area contributed by atoms with Crippen LogP contribution in [0, 0.1) is 0 Å². The van der Waals surface area contributed by atoms with Crippen molar-refractivity contribution in [3.8, 4) is 17.2 Å². The Bertz CT molecular complexity index is 514. The molecule has 1 aliphatic rings. The van der Waals surface area contributed by atoms with Gasteiger partial charge in [0.1, 0.15) is 17.2 Å². The van der Waals surface area contributed by atoms with Crippen molar-refractivity contribution in [1.82, 2.24) is 10.6 Å². The highest BCUT2D eigenvalue weighted by atomic mass is 35.5. The summed E-state index contributed by atoms with van der Waals surface area (Å²) >= 11 is 1.88. The van der Waals surface area contributed by atoms with Gasteiger partial charge in [0.05, 0.1) is 33.4 Å². The number of halogens is 1. The van der Waals surface area contributed by atoms with Crippen molar-refractivity contribution >= 4 is 30.1 Å². The fourth-order valence-corrected chi connectivity index (χ4v) is 3.43. The zero-order valence-corrected chi connectivity index (χ0v) is 15.9. The van der Waals surface area contributed by atoms with Gasteiger partial charge in [-0.2, -0.15) is 11.8 Å². The summed E-state index contributed by atoms with van der Waals surface area (Å²) in [5, 5.41) is 6.30. The van der Waals surface area contributed by atoms with Gasteiger partial charge in [-0.25, -0.2) is 0 Å². The molecule has 0 saturated carbocycles. The molecule has 24 heavy (non-hydrogen) atoms. The van der Waals surface area contributed by atoms with Crippen LogP contribution in [0.5, 0.6) is 17.2 Å². The highest BCUT2D eigenvalue weighted by molar-refractivity contribution is 7.99. The summed E-state index contributed by atoms with van der Waals surface area (Å²) in [5.74, 6) is 4.02. The minimum atomic E-state index is 0. The third kappa shape index (κ3) is 5.65. The average molecular weight is 377 g/mol. The molecule has 0 bridgehead atoms. The molecule has 8 heteroatoms. The van der Waals surface area contributed by atoms with E-state index in [4.69, 9.17) is 14.2 Å². The maximum Gasteiger partial charge on any atom is 0.221 e. The summed E-state index contributed by atoms with van der Waals surface area (Å²) in [4.78, 5) is 12.1. The topological polar surface area (TPSA) is 68.8 Å². The van der Waals surface area contributed by atoms with Crippen LogP contribution in [-0.2, 0) is 11.3 Å². The van der Waals surface area contributed by atoms with Crippen LogP contribution in [0.15, 0.2) is 12.1 Å². The van der Waals surface area contributed by atoms with Crippen molar-refractivity contribution in [2.24, 2.45) is 0 Å². The molecule has 0 aliphatic carbocycles. The first-order valence-corrected chi connectivity index (χ1v) is 8.70. The Morgan fingerprint density at radius 2 is 1.92 bits per heavy atom. The molecule has 0 radical (unpaired) electrons. The number of methoxy groups -OCH3 is 3. The van der Waals surface area contributed by atoms with E-state index in [1.807, 2.05) is 11.8 Å². The van der Waals surface area contributed by atoms with Gasteiger partial charge >= 0.3 is 0 Å². The molecule has 1 heterocycles. The number of carbonyl (C=O) groups excluding carboxylic acids is 1. The quantitative estimate of drug-likeness (QED) is 0.756. The first kappa shape index (κ1) is 20.7. The number of hydrogen-bond acceptors (Lipinski definition) is 6. The van der Waals surface area contributed by atoms with Crippen LogP contribution in [0.3, 0.4) is 0 Å². The van der Waals surface area contributed by atoms with Gasteiger partial charge in [0.2, 0.25) is 5.91 Å². The number of amides is 1. The summed E-state index contributed by atoms with van der Waals surface area (Å²) in [6, 6.07) is 3.81. The van der Waals surface area contributed by atoms with Crippen LogP contribution in [0.4, 0.5) is 0 Å². The van der Waals surface area contributed by atoms with Gasteiger partial charge in [0, 0.05) is 42.6 Å². The van der Waals surface area contributed by atoms with Crippen molar-refractivity contribution in [3.63, 3.8) is 0 Å². The zero-order chi connectivity index (χ0) is 16.7. The lowest BCUT2D eigenvalue weighted by molar-refractivity contribution is -0.121. The molecular weight excluding hydrogens is 352 g/mol. The third-order valence-corrected chi connectivity index (χ3v) is 4.84. The molecule has 1 aromatic rings. The molecule has 1 saturated heterocycles. The van der Waals surface area contributed by atoms with Gasteiger partial charge in [-0.1, -0.05) is 0 Å². The Kier molecular flexibility index (Phi) is 9.10. The molecule has 1 fully saturated rings. The van der Waals surface area contributed by atoms with Crippen LogP contribution >= 0.6 is 24.2 Å². The van der Waals surface area contributed by atoms with E-state index in [-0.39, 0.29) is 24.4 Å². The molecule has 136 valence electrons. The summed E-state index contributed by atoms with van der Waals surface area (Å²) in [6.07, 6.45) is 0.480. The maximum absolute atomic E-state index is 12.1. The Morgan fingerprint density at radius 3 is 2.42 bits per heavy atom. The molecule has 1 amide bonds. The summed E-state index contributed by atoms with van der Waals surface area (Å²) in [7, 11) is 4.76. The molecule has 1 atom stereocenters. The van der Waals surface area contributed by atoms with E-state index in [0.717, 1.165) is 23.6 Å². The lowest BCUT2D eigenvalue weighted by Gasteiger charge is -2.22. The molecule has 2 N–H and O–H groups in total. The third-order valence-electron chi connectivity index (χ3n) is 3.71. The van der Waals surface area contributed by atoms with Gasteiger partial charge in [-0.05, 0) is 0 Å². The maximum atomic E-state index is 12.1. The predicted octanol–water partition coefficient (Wildman–Crippen LogP) is 1.85. The molecule has 6 nitrogen and oxygen atoms in total. The number of nitrogens with one attached hydrogen (secondary N) is 2. The summed E-state index contributed by atoms with van der Waals surface area (Å²) in [6.45, 7) is 1.32. The lowest BCUT2D eigenvalue weighted by atomic mass is 10.1. The smallest absolute Gasteiger partial charge is 0.221 e. The second-order valence-corrected chi connectivity index (χ2v) is 6.37. The Balaban J connectivity index is 0.00000288. The molecule has 1 aliphatic heterocycles. The number of thioether (sulfide) groups is 1. The standard InChI is InChI=1S/C16H24N2O4S.ClH/c1-20-12-7-14(21-2)13(15(8-12)22-3)9-18-16(19)6-11-10-23-5-4-17-11;/h7-8,11,17H,4-6,9-10H2,1-3H3,(H,18,19);1H. The Morgan fingerprint density at radius 1 is 1.25 bits per heavy atom. The van der Waals surface area contributed by atoms with Gasteiger partial charge in [0.15, 0.2) is 0 Å².